The molecule has 5 nitrogen and oxygen atoms in total. The quantitative estimate of drug-likeness (QED) is 0.875. The first-order valence-corrected chi connectivity index (χ1v) is 6.61. The SMILES string of the molecule is CCC1(c2nnc3cc(C)nc(C)n23)CCCN1. The van der Waals surface area contributed by atoms with Crippen LogP contribution in [-0.4, -0.2) is 26.1 Å². The normalized spacial score (nSPS) is 23.9. The van der Waals surface area contributed by atoms with E-state index in [4.69, 9.17) is 0 Å². The maximum absolute atomic E-state index is 4.53. The molecule has 0 spiro atoms. The highest BCUT2D eigenvalue weighted by molar-refractivity contribution is 5.41. The summed E-state index contributed by atoms with van der Waals surface area (Å²) in [5, 5.41) is 12.3. The Morgan fingerprint density at radius 3 is 2.89 bits per heavy atom. The molecule has 5 heteroatoms. The fourth-order valence-corrected chi connectivity index (χ4v) is 3.00. The van der Waals surface area contributed by atoms with Crippen LogP contribution < -0.4 is 5.32 Å². The van der Waals surface area contributed by atoms with Gasteiger partial charge in [-0.2, -0.15) is 0 Å². The molecule has 0 bridgehead atoms. The van der Waals surface area contributed by atoms with E-state index in [1.807, 2.05) is 19.9 Å². The van der Waals surface area contributed by atoms with Crippen LogP contribution in [0.25, 0.3) is 5.65 Å². The molecule has 0 aromatic carbocycles. The predicted octanol–water partition coefficient (Wildman–Crippen LogP) is 1.73. The number of aryl methyl sites for hydroxylation is 2. The van der Waals surface area contributed by atoms with Crippen LogP contribution in [0.15, 0.2) is 6.07 Å². The van der Waals surface area contributed by atoms with E-state index in [9.17, 15) is 0 Å². The summed E-state index contributed by atoms with van der Waals surface area (Å²) in [5.41, 5.74) is 1.86. The predicted molar refractivity (Wildman–Crippen MR) is 69.5 cm³/mol. The molecular weight excluding hydrogens is 226 g/mol. The molecular formula is C13H19N5. The van der Waals surface area contributed by atoms with Crippen molar-refractivity contribution in [2.45, 2.75) is 45.6 Å². The lowest BCUT2D eigenvalue weighted by Gasteiger charge is -2.26. The van der Waals surface area contributed by atoms with Crippen molar-refractivity contribution in [2.24, 2.45) is 0 Å². The third-order valence-electron chi connectivity index (χ3n) is 3.96. The highest BCUT2D eigenvalue weighted by Crippen LogP contribution is 2.33. The number of aromatic nitrogens is 4. The first kappa shape index (κ1) is 11.6. The van der Waals surface area contributed by atoms with Gasteiger partial charge in [0.05, 0.1) is 5.54 Å². The smallest absolute Gasteiger partial charge is 0.164 e. The van der Waals surface area contributed by atoms with Crippen LogP contribution in [0, 0.1) is 13.8 Å². The molecule has 1 unspecified atom stereocenters. The van der Waals surface area contributed by atoms with Gasteiger partial charge in [-0.05, 0) is 39.7 Å². The summed E-state index contributed by atoms with van der Waals surface area (Å²) in [6, 6.07) is 1.99. The third kappa shape index (κ3) is 1.54. The van der Waals surface area contributed by atoms with Crippen molar-refractivity contribution >= 4 is 5.65 Å². The molecule has 1 aliphatic heterocycles. The standard InChI is InChI=1S/C13H19N5/c1-4-13(6-5-7-14-13)12-17-16-11-8-9(2)15-10(3)18(11)12/h8,14H,4-7H2,1-3H3. The van der Waals surface area contributed by atoms with Crippen molar-refractivity contribution in [2.75, 3.05) is 6.54 Å². The third-order valence-corrected chi connectivity index (χ3v) is 3.96. The van der Waals surface area contributed by atoms with Crippen LogP contribution in [0.1, 0.15) is 43.5 Å². The maximum atomic E-state index is 4.53. The molecule has 1 atom stereocenters. The second-order valence-electron chi connectivity index (χ2n) is 5.13. The summed E-state index contributed by atoms with van der Waals surface area (Å²) >= 11 is 0. The van der Waals surface area contributed by atoms with E-state index in [1.54, 1.807) is 0 Å². The number of fused-ring (bicyclic) bond motifs is 1. The Hall–Kier alpha value is -1.49. The maximum Gasteiger partial charge on any atom is 0.164 e. The Kier molecular flexibility index (Phi) is 2.59. The molecule has 1 saturated heterocycles. The van der Waals surface area contributed by atoms with Gasteiger partial charge in [0.2, 0.25) is 0 Å². The Labute approximate surface area is 107 Å². The number of hydrogen-bond donors (Lipinski definition) is 1. The zero-order chi connectivity index (χ0) is 12.8. The van der Waals surface area contributed by atoms with Crippen molar-refractivity contribution in [3.05, 3.63) is 23.4 Å². The minimum atomic E-state index is -0.0267. The van der Waals surface area contributed by atoms with Crippen molar-refractivity contribution in [1.29, 1.82) is 0 Å². The van der Waals surface area contributed by atoms with Gasteiger partial charge in [0.15, 0.2) is 11.5 Å². The molecule has 1 fully saturated rings. The van der Waals surface area contributed by atoms with Crippen molar-refractivity contribution in [3.63, 3.8) is 0 Å². The van der Waals surface area contributed by atoms with Crippen LogP contribution in [0.4, 0.5) is 0 Å². The van der Waals surface area contributed by atoms with Crippen LogP contribution in [0.2, 0.25) is 0 Å². The second kappa shape index (κ2) is 4.02. The highest BCUT2D eigenvalue weighted by atomic mass is 15.3. The van der Waals surface area contributed by atoms with E-state index in [0.29, 0.717) is 0 Å². The average Bonchev–Trinajstić information content (AvgIpc) is 2.94. The van der Waals surface area contributed by atoms with Gasteiger partial charge in [0, 0.05) is 11.8 Å². The van der Waals surface area contributed by atoms with Crippen molar-refractivity contribution in [3.8, 4) is 0 Å². The van der Waals surface area contributed by atoms with Gasteiger partial charge in [-0.3, -0.25) is 4.40 Å². The van der Waals surface area contributed by atoms with Gasteiger partial charge in [-0.1, -0.05) is 6.92 Å². The molecule has 1 N–H and O–H groups in total. The summed E-state index contributed by atoms with van der Waals surface area (Å²) in [6.45, 7) is 7.27. The van der Waals surface area contributed by atoms with E-state index >= 15 is 0 Å². The lowest BCUT2D eigenvalue weighted by Crippen LogP contribution is -2.38. The molecule has 0 radical (unpaired) electrons. The first-order chi connectivity index (χ1) is 8.66. The number of rotatable bonds is 2. The Morgan fingerprint density at radius 1 is 1.39 bits per heavy atom. The van der Waals surface area contributed by atoms with E-state index in [1.165, 1.54) is 6.42 Å². The van der Waals surface area contributed by atoms with E-state index in [2.05, 4.69) is 31.8 Å². The summed E-state index contributed by atoms with van der Waals surface area (Å²) in [6.07, 6.45) is 3.35. The van der Waals surface area contributed by atoms with Gasteiger partial charge < -0.3 is 5.32 Å². The van der Waals surface area contributed by atoms with E-state index in [-0.39, 0.29) is 5.54 Å². The lowest BCUT2D eigenvalue weighted by atomic mass is 9.93. The monoisotopic (exact) mass is 245 g/mol. The van der Waals surface area contributed by atoms with Crippen LogP contribution in [0.3, 0.4) is 0 Å². The molecule has 0 aliphatic carbocycles. The van der Waals surface area contributed by atoms with Crippen LogP contribution in [-0.2, 0) is 5.54 Å². The summed E-state index contributed by atoms with van der Waals surface area (Å²) in [5.74, 6) is 1.98. The molecule has 0 amide bonds. The Balaban J connectivity index is 2.23. The minimum absolute atomic E-state index is 0.0267. The summed E-state index contributed by atoms with van der Waals surface area (Å²) in [7, 11) is 0. The topological polar surface area (TPSA) is 55.1 Å². The number of nitrogens with zero attached hydrogens (tertiary/aromatic N) is 4. The molecule has 0 saturated carbocycles. The fraction of sp³-hybridized carbons (Fsp3) is 0.615. The highest BCUT2D eigenvalue weighted by Gasteiger charge is 2.38. The average molecular weight is 245 g/mol. The van der Waals surface area contributed by atoms with Gasteiger partial charge in [-0.15, -0.1) is 10.2 Å². The summed E-state index contributed by atoms with van der Waals surface area (Å²) in [4.78, 5) is 4.53. The molecule has 2 aromatic rings. The van der Waals surface area contributed by atoms with Gasteiger partial charge in [0.1, 0.15) is 5.82 Å². The molecule has 18 heavy (non-hydrogen) atoms. The molecule has 96 valence electrons. The summed E-state index contributed by atoms with van der Waals surface area (Å²) < 4.78 is 2.09. The zero-order valence-electron chi connectivity index (χ0n) is 11.2. The first-order valence-electron chi connectivity index (χ1n) is 6.61. The van der Waals surface area contributed by atoms with E-state index < -0.39 is 0 Å². The van der Waals surface area contributed by atoms with E-state index in [0.717, 1.165) is 42.4 Å². The Morgan fingerprint density at radius 2 is 2.22 bits per heavy atom. The molecule has 3 rings (SSSR count). The lowest BCUT2D eigenvalue weighted by molar-refractivity contribution is 0.348. The van der Waals surface area contributed by atoms with Gasteiger partial charge in [-0.25, -0.2) is 4.98 Å². The zero-order valence-corrected chi connectivity index (χ0v) is 11.2. The van der Waals surface area contributed by atoms with Gasteiger partial charge >= 0.3 is 0 Å². The minimum Gasteiger partial charge on any atom is -0.305 e. The van der Waals surface area contributed by atoms with Crippen molar-refractivity contribution < 1.29 is 0 Å². The fourth-order valence-electron chi connectivity index (χ4n) is 3.00. The Bertz CT molecular complexity index is 580. The molecule has 1 aliphatic rings. The van der Waals surface area contributed by atoms with Gasteiger partial charge in [0.25, 0.3) is 0 Å². The second-order valence-corrected chi connectivity index (χ2v) is 5.13. The number of hydrogen-bond acceptors (Lipinski definition) is 4. The van der Waals surface area contributed by atoms with Crippen LogP contribution >= 0.6 is 0 Å². The molecule has 3 heterocycles. The largest absolute Gasteiger partial charge is 0.305 e. The number of nitrogens with one attached hydrogen (secondary N) is 1. The van der Waals surface area contributed by atoms with Crippen LogP contribution in [0.5, 0.6) is 0 Å². The van der Waals surface area contributed by atoms with Crippen molar-refractivity contribution in [1.82, 2.24) is 24.9 Å². The molecule has 2 aromatic heterocycles.